The number of likely N-dealkylation sites (tertiary alicyclic amines) is 1. The summed E-state index contributed by atoms with van der Waals surface area (Å²) in [4.78, 5) is 30.7. The molecule has 2 unspecified atom stereocenters. The Morgan fingerprint density at radius 3 is 2.85 bits per heavy atom. The molecule has 3 rings (SSSR count). The summed E-state index contributed by atoms with van der Waals surface area (Å²) in [6, 6.07) is 3.88. The average Bonchev–Trinajstić information content (AvgIpc) is 2.75. The van der Waals surface area contributed by atoms with Crippen LogP contribution in [0.1, 0.15) is 40.0 Å². The standard InChI is InChI=1S/C23H31FN4O5/c1-23(2,3)33-22(31)28-9-5-4-6-18(28)21(30)27-11-14(24)13-32-20-16-10-15(25)12-26-17(16)7-8-19(20)29/h7-8,10,12,14,18,29H,4-6,9,11,13,25H2,1-3H3,(H,27,30). The molecule has 1 aliphatic rings. The number of phenolic OH excluding ortho intramolecular Hbond substituents is 1. The third-order valence-corrected chi connectivity index (χ3v) is 5.16. The lowest BCUT2D eigenvalue weighted by molar-refractivity contribution is -0.127. The Kier molecular flexibility index (Phi) is 7.45. The average molecular weight is 463 g/mol. The van der Waals surface area contributed by atoms with Crippen LogP contribution in [-0.2, 0) is 9.53 Å². The summed E-state index contributed by atoms with van der Waals surface area (Å²) in [5.41, 5.74) is 6.00. The molecule has 2 amide bonds. The van der Waals surface area contributed by atoms with Crippen LogP contribution in [-0.4, -0.2) is 64.5 Å². The molecule has 0 saturated carbocycles. The summed E-state index contributed by atoms with van der Waals surface area (Å²) >= 11 is 0. The molecule has 0 spiro atoms. The Hall–Kier alpha value is -3.30. The fourth-order valence-corrected chi connectivity index (χ4v) is 3.63. The molecule has 2 aromatic rings. The number of nitrogens with one attached hydrogen (secondary N) is 1. The van der Waals surface area contributed by atoms with Crippen molar-refractivity contribution in [3.8, 4) is 11.5 Å². The number of hydrogen-bond donors (Lipinski definition) is 3. The largest absolute Gasteiger partial charge is 0.504 e. The molecule has 1 aromatic carbocycles. The lowest BCUT2D eigenvalue weighted by atomic mass is 10.0. The highest BCUT2D eigenvalue weighted by Gasteiger charge is 2.35. The molecule has 180 valence electrons. The van der Waals surface area contributed by atoms with Crippen molar-refractivity contribution in [2.75, 3.05) is 25.4 Å². The number of fused-ring (bicyclic) bond motifs is 1. The molecule has 10 heteroatoms. The number of ether oxygens (including phenoxy) is 2. The van der Waals surface area contributed by atoms with Gasteiger partial charge in [-0.2, -0.15) is 0 Å². The second-order valence-electron chi connectivity index (χ2n) is 9.09. The van der Waals surface area contributed by atoms with E-state index in [0.717, 1.165) is 12.8 Å². The number of phenols is 1. The molecule has 4 N–H and O–H groups in total. The molecule has 1 aliphatic heterocycles. The number of nitrogen functional groups attached to an aromatic ring is 1. The third kappa shape index (κ3) is 6.36. The van der Waals surface area contributed by atoms with Crippen LogP contribution in [0.15, 0.2) is 24.4 Å². The van der Waals surface area contributed by atoms with Crippen molar-refractivity contribution in [2.45, 2.75) is 57.8 Å². The summed E-state index contributed by atoms with van der Waals surface area (Å²) in [5, 5.41) is 13.1. The van der Waals surface area contributed by atoms with Gasteiger partial charge < -0.3 is 25.6 Å². The minimum Gasteiger partial charge on any atom is -0.504 e. The number of nitrogens with two attached hydrogens (primary N) is 1. The van der Waals surface area contributed by atoms with Crippen molar-refractivity contribution in [2.24, 2.45) is 0 Å². The predicted octanol–water partition coefficient (Wildman–Crippen LogP) is 3.15. The topological polar surface area (TPSA) is 127 Å². The minimum atomic E-state index is -1.55. The first-order valence-corrected chi connectivity index (χ1v) is 11.0. The first-order chi connectivity index (χ1) is 15.5. The number of aromatic nitrogens is 1. The highest BCUT2D eigenvalue weighted by molar-refractivity contribution is 5.89. The number of piperidine rings is 1. The number of nitrogens with zero attached hydrogens (tertiary/aromatic N) is 2. The molecule has 1 aromatic heterocycles. The number of aromatic hydroxyl groups is 1. The van der Waals surface area contributed by atoms with E-state index in [1.807, 2.05) is 0 Å². The maximum absolute atomic E-state index is 14.5. The molecule has 2 heterocycles. The van der Waals surface area contributed by atoms with Crippen molar-refractivity contribution in [1.29, 1.82) is 0 Å². The maximum atomic E-state index is 14.5. The Labute approximate surface area is 192 Å². The molecule has 2 atom stereocenters. The summed E-state index contributed by atoms with van der Waals surface area (Å²) < 4.78 is 25.4. The molecule has 0 aliphatic carbocycles. The van der Waals surface area contributed by atoms with Gasteiger partial charge in [0.15, 0.2) is 17.7 Å². The van der Waals surface area contributed by atoms with Gasteiger partial charge in [-0.15, -0.1) is 0 Å². The quantitative estimate of drug-likeness (QED) is 0.602. The zero-order chi connectivity index (χ0) is 24.2. The first-order valence-electron chi connectivity index (χ1n) is 11.0. The molecule has 9 nitrogen and oxygen atoms in total. The normalized spacial score (nSPS) is 17.5. The fraction of sp³-hybridized carbons (Fsp3) is 0.522. The molecule has 0 bridgehead atoms. The Morgan fingerprint density at radius 2 is 2.12 bits per heavy atom. The predicted molar refractivity (Wildman–Crippen MR) is 122 cm³/mol. The number of alkyl halides is 1. The number of carbonyl (C=O) groups is 2. The summed E-state index contributed by atoms with van der Waals surface area (Å²) in [6.45, 7) is 4.99. The highest BCUT2D eigenvalue weighted by Crippen LogP contribution is 2.35. The zero-order valence-corrected chi connectivity index (χ0v) is 19.1. The van der Waals surface area contributed by atoms with Crippen LogP contribution in [0, 0.1) is 0 Å². The van der Waals surface area contributed by atoms with Gasteiger partial charge in [0.25, 0.3) is 0 Å². The Balaban J connectivity index is 1.57. The maximum Gasteiger partial charge on any atom is 0.410 e. The Morgan fingerprint density at radius 1 is 1.36 bits per heavy atom. The van der Waals surface area contributed by atoms with Crippen molar-refractivity contribution >= 4 is 28.6 Å². The van der Waals surface area contributed by atoms with E-state index in [4.69, 9.17) is 15.2 Å². The zero-order valence-electron chi connectivity index (χ0n) is 19.1. The number of halogens is 1. The fourth-order valence-electron chi connectivity index (χ4n) is 3.63. The van der Waals surface area contributed by atoms with Gasteiger partial charge in [-0.05, 0) is 58.2 Å². The second-order valence-corrected chi connectivity index (χ2v) is 9.09. The smallest absolute Gasteiger partial charge is 0.410 e. The molecule has 1 saturated heterocycles. The van der Waals surface area contributed by atoms with Gasteiger partial charge in [0, 0.05) is 11.9 Å². The number of benzene rings is 1. The van der Waals surface area contributed by atoms with Gasteiger partial charge in [-0.1, -0.05) is 0 Å². The van der Waals surface area contributed by atoms with Crippen LogP contribution >= 0.6 is 0 Å². The molecular weight excluding hydrogens is 431 g/mol. The summed E-state index contributed by atoms with van der Waals surface area (Å²) in [7, 11) is 0. The van der Waals surface area contributed by atoms with Crippen molar-refractivity contribution in [3.05, 3.63) is 24.4 Å². The van der Waals surface area contributed by atoms with Crippen LogP contribution in [0.3, 0.4) is 0 Å². The van der Waals surface area contributed by atoms with Gasteiger partial charge in [-0.3, -0.25) is 14.7 Å². The van der Waals surface area contributed by atoms with Gasteiger partial charge in [-0.25, -0.2) is 9.18 Å². The van der Waals surface area contributed by atoms with Crippen LogP contribution in [0.4, 0.5) is 14.9 Å². The summed E-state index contributed by atoms with van der Waals surface area (Å²) in [5.74, 6) is -0.529. The second kappa shape index (κ2) is 10.1. The lowest BCUT2D eigenvalue weighted by Gasteiger charge is -2.35. The minimum absolute atomic E-state index is 0.0738. The van der Waals surface area contributed by atoms with Gasteiger partial charge in [0.05, 0.1) is 23.9 Å². The van der Waals surface area contributed by atoms with E-state index >= 15 is 0 Å². The number of amides is 2. The van der Waals surface area contributed by atoms with E-state index in [9.17, 15) is 19.1 Å². The van der Waals surface area contributed by atoms with E-state index in [0.29, 0.717) is 29.6 Å². The van der Waals surface area contributed by atoms with Gasteiger partial charge in [0.2, 0.25) is 5.91 Å². The monoisotopic (exact) mass is 462 g/mol. The van der Waals surface area contributed by atoms with E-state index < -0.39 is 36.4 Å². The third-order valence-electron chi connectivity index (χ3n) is 5.16. The van der Waals surface area contributed by atoms with Crippen LogP contribution in [0.25, 0.3) is 10.9 Å². The molecule has 33 heavy (non-hydrogen) atoms. The Bertz CT molecular complexity index is 1000. The number of rotatable bonds is 6. The van der Waals surface area contributed by atoms with E-state index in [1.165, 1.54) is 17.2 Å². The number of anilines is 1. The number of pyridine rings is 1. The molecule has 1 fully saturated rings. The van der Waals surface area contributed by atoms with E-state index in [2.05, 4.69) is 10.3 Å². The van der Waals surface area contributed by atoms with Gasteiger partial charge in [0.1, 0.15) is 18.2 Å². The van der Waals surface area contributed by atoms with Crippen molar-refractivity contribution < 1.29 is 28.6 Å². The van der Waals surface area contributed by atoms with Crippen molar-refractivity contribution in [3.63, 3.8) is 0 Å². The van der Waals surface area contributed by atoms with Crippen LogP contribution in [0.5, 0.6) is 11.5 Å². The SMILES string of the molecule is CC(C)(C)OC(=O)N1CCCCC1C(=O)NCC(F)COc1c(O)ccc2ncc(N)cc12. The first kappa shape index (κ1) is 24.3. The van der Waals surface area contributed by atoms with Crippen molar-refractivity contribution in [1.82, 2.24) is 15.2 Å². The highest BCUT2D eigenvalue weighted by atomic mass is 19.1. The van der Waals surface area contributed by atoms with E-state index in [1.54, 1.807) is 32.9 Å². The van der Waals surface area contributed by atoms with Gasteiger partial charge >= 0.3 is 6.09 Å². The lowest BCUT2D eigenvalue weighted by Crippen LogP contribution is -2.53. The molecular formula is C23H31FN4O5. The number of hydrogen-bond acceptors (Lipinski definition) is 7. The molecule has 0 radical (unpaired) electrons. The summed E-state index contributed by atoms with van der Waals surface area (Å²) in [6.07, 6.45) is 1.42. The van der Waals surface area contributed by atoms with Crippen LogP contribution in [0.2, 0.25) is 0 Å². The number of carbonyl (C=O) groups excluding carboxylic acids is 2. The van der Waals surface area contributed by atoms with Crippen LogP contribution < -0.4 is 15.8 Å². The van der Waals surface area contributed by atoms with E-state index in [-0.39, 0.29) is 18.0 Å².